The normalized spacial score (nSPS) is 14.1. The van der Waals surface area contributed by atoms with Crippen LogP contribution in [0.2, 0.25) is 0 Å². The van der Waals surface area contributed by atoms with Gasteiger partial charge >= 0.3 is 0 Å². The van der Waals surface area contributed by atoms with E-state index in [1.165, 1.54) is 19.1 Å². The van der Waals surface area contributed by atoms with Crippen LogP contribution in [0.3, 0.4) is 0 Å². The van der Waals surface area contributed by atoms with Gasteiger partial charge in [0.15, 0.2) is 0 Å². The highest BCUT2D eigenvalue weighted by molar-refractivity contribution is 5.98. The zero-order valence-electron chi connectivity index (χ0n) is 16.4. The molecule has 0 aromatic heterocycles. The summed E-state index contributed by atoms with van der Waals surface area (Å²) in [6.45, 7) is 6.10. The summed E-state index contributed by atoms with van der Waals surface area (Å²) < 4.78 is 13.1. The van der Waals surface area contributed by atoms with Crippen LogP contribution in [0, 0.1) is 5.82 Å². The van der Waals surface area contributed by atoms with Crippen LogP contribution in [0.1, 0.15) is 19.4 Å². The number of hydrogen-bond donors (Lipinski definition) is 0. The molecule has 0 aliphatic carbocycles. The quantitative estimate of drug-likeness (QED) is 0.797. The predicted molar refractivity (Wildman–Crippen MR) is 109 cm³/mol. The van der Waals surface area contributed by atoms with E-state index in [4.69, 9.17) is 0 Å². The zero-order valence-corrected chi connectivity index (χ0v) is 16.4. The molecule has 1 aliphatic heterocycles. The summed E-state index contributed by atoms with van der Waals surface area (Å²) in [6, 6.07) is 14.1. The fourth-order valence-corrected chi connectivity index (χ4v) is 3.54. The highest BCUT2D eigenvalue weighted by Gasteiger charge is 2.25. The molecule has 148 valence electrons. The number of rotatable bonds is 5. The molecule has 2 aromatic rings. The second-order valence-electron chi connectivity index (χ2n) is 6.93. The minimum absolute atomic E-state index is 0.0445. The number of anilines is 2. The number of benzene rings is 2. The maximum atomic E-state index is 13.1. The Kier molecular flexibility index (Phi) is 6.29. The second kappa shape index (κ2) is 8.87. The molecule has 0 saturated carbocycles. The maximum absolute atomic E-state index is 13.1. The van der Waals surface area contributed by atoms with E-state index in [-0.39, 0.29) is 24.2 Å². The highest BCUT2D eigenvalue weighted by atomic mass is 19.1. The summed E-state index contributed by atoms with van der Waals surface area (Å²) in [4.78, 5) is 30.5. The predicted octanol–water partition coefficient (Wildman–Crippen LogP) is 3.09. The van der Waals surface area contributed by atoms with Gasteiger partial charge in [0.1, 0.15) is 12.4 Å². The first-order valence-electron chi connectivity index (χ1n) is 9.64. The maximum Gasteiger partial charge on any atom is 0.242 e. The molecule has 1 aliphatic rings. The van der Waals surface area contributed by atoms with Gasteiger partial charge in [-0.15, -0.1) is 0 Å². The van der Waals surface area contributed by atoms with Crippen molar-refractivity contribution in [2.75, 3.05) is 42.5 Å². The van der Waals surface area contributed by atoms with Crippen molar-refractivity contribution in [2.45, 2.75) is 20.3 Å². The Bertz CT molecular complexity index is 830. The third-order valence-electron chi connectivity index (χ3n) is 5.16. The van der Waals surface area contributed by atoms with Crippen LogP contribution in [-0.2, 0) is 16.0 Å². The van der Waals surface area contributed by atoms with E-state index in [0.717, 1.165) is 23.4 Å². The van der Waals surface area contributed by atoms with Crippen molar-refractivity contribution in [3.8, 4) is 0 Å². The molecular formula is C22H26FN3O2. The Hall–Kier alpha value is -2.89. The van der Waals surface area contributed by atoms with Crippen molar-refractivity contribution >= 4 is 23.2 Å². The lowest BCUT2D eigenvalue weighted by Crippen LogP contribution is -2.52. The van der Waals surface area contributed by atoms with Gasteiger partial charge in [-0.3, -0.25) is 9.59 Å². The van der Waals surface area contributed by atoms with E-state index in [1.807, 2.05) is 31.2 Å². The fraction of sp³-hybridized carbons (Fsp3) is 0.364. The standard InChI is InChI=1S/C22H26FN3O2/c1-3-18-6-4-5-7-21(18)26(17(2)27)16-22(28)25-14-12-24(13-15-25)20-10-8-19(23)9-11-20/h4-11H,3,12-16H2,1-2H3. The molecule has 0 bridgehead atoms. The van der Waals surface area contributed by atoms with Crippen molar-refractivity contribution in [3.63, 3.8) is 0 Å². The minimum atomic E-state index is -0.255. The monoisotopic (exact) mass is 383 g/mol. The largest absolute Gasteiger partial charge is 0.368 e. The number of para-hydroxylation sites is 1. The number of hydrogen-bond acceptors (Lipinski definition) is 3. The van der Waals surface area contributed by atoms with Crippen LogP contribution < -0.4 is 9.80 Å². The summed E-state index contributed by atoms with van der Waals surface area (Å²) in [6.07, 6.45) is 0.796. The molecule has 5 nitrogen and oxygen atoms in total. The molecule has 3 rings (SSSR count). The summed E-state index contributed by atoms with van der Waals surface area (Å²) in [5.41, 5.74) is 2.80. The fourth-order valence-electron chi connectivity index (χ4n) is 3.54. The molecule has 28 heavy (non-hydrogen) atoms. The SMILES string of the molecule is CCc1ccccc1N(CC(=O)N1CCN(c2ccc(F)cc2)CC1)C(C)=O. The topological polar surface area (TPSA) is 43.9 Å². The van der Waals surface area contributed by atoms with E-state index in [0.29, 0.717) is 26.2 Å². The number of piperazine rings is 1. The van der Waals surface area contributed by atoms with Gasteiger partial charge in [-0.1, -0.05) is 25.1 Å². The van der Waals surface area contributed by atoms with Gasteiger partial charge in [-0.05, 0) is 42.3 Å². The van der Waals surface area contributed by atoms with Crippen molar-refractivity contribution in [1.82, 2.24) is 4.90 Å². The summed E-state index contributed by atoms with van der Waals surface area (Å²) in [5, 5.41) is 0. The van der Waals surface area contributed by atoms with Crippen LogP contribution in [0.4, 0.5) is 15.8 Å². The second-order valence-corrected chi connectivity index (χ2v) is 6.93. The van der Waals surface area contributed by atoms with Crippen LogP contribution in [0.15, 0.2) is 48.5 Å². The summed E-state index contributed by atoms with van der Waals surface area (Å²) in [5.74, 6) is -0.451. The van der Waals surface area contributed by atoms with E-state index in [1.54, 1.807) is 21.9 Å². The van der Waals surface area contributed by atoms with Crippen molar-refractivity contribution in [3.05, 3.63) is 59.9 Å². The molecule has 1 heterocycles. The molecule has 0 N–H and O–H groups in total. The third kappa shape index (κ3) is 4.50. The van der Waals surface area contributed by atoms with Crippen molar-refractivity contribution < 1.29 is 14.0 Å². The lowest BCUT2D eigenvalue weighted by Gasteiger charge is -2.37. The molecule has 1 saturated heterocycles. The molecule has 0 spiro atoms. The van der Waals surface area contributed by atoms with E-state index < -0.39 is 0 Å². The van der Waals surface area contributed by atoms with Gasteiger partial charge in [-0.25, -0.2) is 4.39 Å². The van der Waals surface area contributed by atoms with Crippen LogP contribution in [-0.4, -0.2) is 49.4 Å². The summed E-state index contributed by atoms with van der Waals surface area (Å²) >= 11 is 0. The minimum Gasteiger partial charge on any atom is -0.368 e. The van der Waals surface area contributed by atoms with Gasteiger partial charge in [0.05, 0.1) is 0 Å². The van der Waals surface area contributed by atoms with Crippen LogP contribution in [0.5, 0.6) is 0 Å². The molecule has 0 atom stereocenters. The molecule has 1 fully saturated rings. The molecule has 2 amide bonds. The molecule has 0 radical (unpaired) electrons. The molecule has 6 heteroatoms. The number of carbonyl (C=O) groups is 2. The first-order chi connectivity index (χ1) is 13.5. The lowest BCUT2D eigenvalue weighted by molar-refractivity contribution is -0.131. The Labute approximate surface area is 165 Å². The number of amides is 2. The zero-order chi connectivity index (χ0) is 20.1. The molecular weight excluding hydrogens is 357 g/mol. The van der Waals surface area contributed by atoms with Crippen LogP contribution in [0.25, 0.3) is 0 Å². The molecule has 0 unspecified atom stereocenters. The smallest absolute Gasteiger partial charge is 0.242 e. The first kappa shape index (κ1) is 19.9. The number of aryl methyl sites for hydroxylation is 1. The van der Waals surface area contributed by atoms with Gasteiger partial charge in [0.25, 0.3) is 0 Å². The number of nitrogens with zero attached hydrogens (tertiary/aromatic N) is 3. The Morgan fingerprint density at radius 2 is 1.64 bits per heavy atom. The van der Waals surface area contributed by atoms with E-state index in [2.05, 4.69) is 4.90 Å². The van der Waals surface area contributed by atoms with Crippen LogP contribution >= 0.6 is 0 Å². The average Bonchev–Trinajstić information content (AvgIpc) is 2.72. The highest BCUT2D eigenvalue weighted by Crippen LogP contribution is 2.22. The Morgan fingerprint density at radius 1 is 1.00 bits per heavy atom. The van der Waals surface area contributed by atoms with Crippen molar-refractivity contribution in [1.29, 1.82) is 0 Å². The Balaban J connectivity index is 1.64. The first-order valence-corrected chi connectivity index (χ1v) is 9.64. The van der Waals surface area contributed by atoms with Crippen molar-refractivity contribution in [2.24, 2.45) is 0 Å². The average molecular weight is 383 g/mol. The molecule has 2 aromatic carbocycles. The number of carbonyl (C=O) groups excluding carboxylic acids is 2. The third-order valence-corrected chi connectivity index (χ3v) is 5.16. The van der Waals surface area contributed by atoms with Gasteiger partial charge < -0.3 is 14.7 Å². The Morgan fingerprint density at radius 3 is 2.25 bits per heavy atom. The van der Waals surface area contributed by atoms with Gasteiger partial charge in [0, 0.05) is 44.5 Å². The lowest BCUT2D eigenvalue weighted by atomic mass is 10.1. The van der Waals surface area contributed by atoms with Gasteiger partial charge in [-0.2, -0.15) is 0 Å². The van der Waals surface area contributed by atoms with E-state index in [9.17, 15) is 14.0 Å². The number of halogens is 1. The van der Waals surface area contributed by atoms with E-state index >= 15 is 0 Å². The summed E-state index contributed by atoms with van der Waals surface area (Å²) in [7, 11) is 0. The van der Waals surface area contributed by atoms with Gasteiger partial charge in [0.2, 0.25) is 11.8 Å².